The molecule has 1 aromatic heterocycles. The third kappa shape index (κ3) is 3.89. The van der Waals surface area contributed by atoms with Crippen molar-refractivity contribution in [2.24, 2.45) is 0 Å². The second-order valence-corrected chi connectivity index (χ2v) is 9.70. The number of aryl methyl sites for hydroxylation is 1. The first-order valence-corrected chi connectivity index (χ1v) is 11.9. The van der Waals surface area contributed by atoms with Gasteiger partial charge in [-0.05, 0) is 81.7 Å². The molecule has 1 amide bonds. The Morgan fingerprint density at radius 1 is 1.20 bits per heavy atom. The Kier molecular flexibility index (Phi) is 5.66. The Balaban J connectivity index is 1.58. The van der Waals surface area contributed by atoms with Gasteiger partial charge >= 0.3 is 0 Å². The first kappa shape index (κ1) is 23.1. The van der Waals surface area contributed by atoms with Crippen molar-refractivity contribution in [1.29, 1.82) is 0 Å². The molecule has 0 spiro atoms. The van der Waals surface area contributed by atoms with Crippen molar-refractivity contribution < 1.29 is 14.6 Å². The number of rotatable bonds is 6. The second-order valence-electron chi connectivity index (χ2n) is 9.33. The third-order valence-corrected chi connectivity index (χ3v) is 6.78. The monoisotopic (exact) mass is 487 g/mol. The number of aliphatic hydroxyl groups excluding tert-OH is 1. The third-order valence-electron chi connectivity index (χ3n) is 6.42. The molecule has 2 aliphatic rings. The zero-order chi connectivity index (χ0) is 24.9. The molecule has 1 aliphatic heterocycles. The fourth-order valence-corrected chi connectivity index (χ4v) is 4.90. The Hall–Kier alpha value is -3.61. The van der Waals surface area contributed by atoms with E-state index in [2.05, 4.69) is 9.83 Å². The number of hydrogen-bond acceptors (Lipinski definition) is 6. The largest absolute Gasteiger partial charge is 0.475 e. The van der Waals surface area contributed by atoms with Gasteiger partial charge in [-0.2, -0.15) is 4.98 Å². The van der Waals surface area contributed by atoms with Gasteiger partial charge in [-0.25, -0.2) is 9.83 Å². The summed E-state index contributed by atoms with van der Waals surface area (Å²) in [7, 11) is 0. The number of benzene rings is 2. The van der Waals surface area contributed by atoms with E-state index in [1.54, 1.807) is 12.1 Å². The lowest BCUT2D eigenvalue weighted by Gasteiger charge is -2.29. The number of thiocarbonyl (C=S) groups is 1. The van der Waals surface area contributed by atoms with Crippen molar-refractivity contribution in [1.82, 2.24) is 9.97 Å². The van der Waals surface area contributed by atoms with Crippen LogP contribution in [0.1, 0.15) is 44.0 Å². The minimum atomic E-state index is -0.946. The number of hydrogen-bond donors (Lipinski definition) is 1. The van der Waals surface area contributed by atoms with Crippen molar-refractivity contribution in [3.63, 3.8) is 0 Å². The van der Waals surface area contributed by atoms with Crippen LogP contribution >= 0.6 is 12.2 Å². The van der Waals surface area contributed by atoms with Gasteiger partial charge in [-0.1, -0.05) is 6.07 Å². The molecule has 0 atom stereocenters. The molecule has 2 fully saturated rings. The van der Waals surface area contributed by atoms with Crippen LogP contribution in [0.2, 0.25) is 0 Å². The first-order valence-electron chi connectivity index (χ1n) is 11.5. The second kappa shape index (κ2) is 8.56. The molecule has 2 heterocycles. The maximum absolute atomic E-state index is 13.5. The van der Waals surface area contributed by atoms with Crippen LogP contribution < -0.4 is 14.5 Å². The predicted octanol–water partition coefficient (Wildman–Crippen LogP) is 4.65. The van der Waals surface area contributed by atoms with Crippen LogP contribution in [0.5, 0.6) is 5.88 Å². The first-order chi connectivity index (χ1) is 16.8. The summed E-state index contributed by atoms with van der Waals surface area (Å²) < 4.78 is 5.78. The van der Waals surface area contributed by atoms with Gasteiger partial charge < -0.3 is 14.7 Å². The van der Waals surface area contributed by atoms with E-state index >= 15 is 0 Å². The molecule has 1 N–H and O–H groups in total. The number of aromatic nitrogens is 2. The summed E-state index contributed by atoms with van der Waals surface area (Å²) in [4.78, 5) is 29.8. The molecular formula is C26H25N5O3S. The van der Waals surface area contributed by atoms with Gasteiger partial charge in [0.2, 0.25) is 5.88 Å². The van der Waals surface area contributed by atoms with E-state index in [-0.39, 0.29) is 19.1 Å². The maximum atomic E-state index is 13.5. The van der Waals surface area contributed by atoms with Gasteiger partial charge in [0.15, 0.2) is 10.8 Å². The van der Waals surface area contributed by atoms with E-state index in [1.165, 1.54) is 4.90 Å². The molecular weight excluding hydrogens is 462 g/mol. The predicted molar refractivity (Wildman–Crippen MR) is 138 cm³/mol. The van der Waals surface area contributed by atoms with E-state index in [1.807, 2.05) is 49.9 Å². The SMILES string of the molecule is [C-]#[N+]c1ccc(N2C(=O)C(C)(C)N(c3ccc4nc(C5CC5)nc(OCCO)c4c3)C2=S)cc1C. The number of carbonyl (C=O) groups is 1. The Morgan fingerprint density at radius 2 is 1.94 bits per heavy atom. The molecule has 178 valence electrons. The van der Waals surface area contributed by atoms with E-state index in [9.17, 15) is 9.90 Å². The van der Waals surface area contributed by atoms with Crippen molar-refractivity contribution in [2.45, 2.75) is 45.1 Å². The highest BCUT2D eigenvalue weighted by Crippen LogP contribution is 2.42. The molecule has 1 saturated heterocycles. The summed E-state index contributed by atoms with van der Waals surface area (Å²) in [6.07, 6.45) is 2.13. The zero-order valence-corrected chi connectivity index (χ0v) is 20.6. The highest BCUT2D eigenvalue weighted by atomic mass is 32.1. The van der Waals surface area contributed by atoms with Gasteiger partial charge in [0.1, 0.15) is 18.0 Å². The molecule has 0 bridgehead atoms. The van der Waals surface area contributed by atoms with Crippen LogP contribution in [0.25, 0.3) is 15.7 Å². The van der Waals surface area contributed by atoms with Crippen LogP contribution in [0.4, 0.5) is 17.1 Å². The van der Waals surface area contributed by atoms with Crippen LogP contribution in [-0.2, 0) is 4.79 Å². The Labute approximate surface area is 209 Å². The van der Waals surface area contributed by atoms with Crippen molar-refractivity contribution in [2.75, 3.05) is 23.0 Å². The number of nitrogens with zero attached hydrogens (tertiary/aromatic N) is 5. The molecule has 1 saturated carbocycles. The Bertz CT molecular complexity index is 1410. The van der Waals surface area contributed by atoms with Crippen LogP contribution in [0, 0.1) is 13.5 Å². The molecule has 0 radical (unpaired) electrons. The van der Waals surface area contributed by atoms with E-state index < -0.39 is 5.54 Å². The van der Waals surface area contributed by atoms with Crippen LogP contribution in [0.15, 0.2) is 36.4 Å². The molecule has 0 unspecified atom stereocenters. The normalized spacial score (nSPS) is 17.2. The fourth-order valence-electron chi connectivity index (χ4n) is 4.38. The summed E-state index contributed by atoms with van der Waals surface area (Å²) in [6, 6.07) is 10.9. The number of amides is 1. The quantitative estimate of drug-likeness (QED) is 0.400. The maximum Gasteiger partial charge on any atom is 0.259 e. The summed E-state index contributed by atoms with van der Waals surface area (Å²) in [6.45, 7) is 12.8. The van der Waals surface area contributed by atoms with Crippen LogP contribution in [-0.4, -0.2) is 44.8 Å². The zero-order valence-electron chi connectivity index (χ0n) is 19.8. The lowest BCUT2D eigenvalue weighted by atomic mass is 10.0. The number of carbonyl (C=O) groups excluding carboxylic acids is 1. The van der Waals surface area contributed by atoms with Crippen molar-refractivity contribution >= 4 is 51.2 Å². The van der Waals surface area contributed by atoms with Gasteiger partial charge in [0, 0.05) is 17.3 Å². The fraction of sp³-hybridized carbons (Fsp3) is 0.346. The highest BCUT2D eigenvalue weighted by Gasteiger charge is 2.50. The van der Waals surface area contributed by atoms with Crippen molar-refractivity contribution in [3.8, 4) is 5.88 Å². The molecule has 3 aromatic rings. The molecule has 1 aliphatic carbocycles. The highest BCUT2D eigenvalue weighted by molar-refractivity contribution is 7.81. The lowest BCUT2D eigenvalue weighted by molar-refractivity contribution is -0.120. The van der Waals surface area contributed by atoms with E-state index in [0.29, 0.717) is 33.7 Å². The van der Waals surface area contributed by atoms with Crippen molar-refractivity contribution in [3.05, 3.63) is 59.2 Å². The summed E-state index contributed by atoms with van der Waals surface area (Å²) >= 11 is 5.82. The number of ether oxygens (including phenoxy) is 1. The summed E-state index contributed by atoms with van der Waals surface area (Å²) in [5, 5.41) is 10.3. The molecule has 8 nitrogen and oxygen atoms in total. The number of fused-ring (bicyclic) bond motifs is 1. The van der Waals surface area contributed by atoms with Crippen LogP contribution in [0.3, 0.4) is 0 Å². The molecule has 2 aromatic carbocycles. The molecule has 35 heavy (non-hydrogen) atoms. The summed E-state index contributed by atoms with van der Waals surface area (Å²) in [5.41, 5.74) is 2.47. The molecule has 9 heteroatoms. The standard InChI is InChI=1S/C26H25N5O3S/c1-15-13-17(7-9-20(15)27-4)30-24(33)26(2,3)31(25(30)35)18-8-10-21-19(14-18)23(34-12-11-32)29-22(28-21)16-5-6-16/h7-10,13-14,16,32H,5-6,11-12H2,1-3H3. The van der Waals surface area contributed by atoms with Gasteiger partial charge in [0.05, 0.1) is 24.1 Å². The topological polar surface area (TPSA) is 83.2 Å². The van der Waals surface area contributed by atoms with E-state index in [0.717, 1.165) is 35.4 Å². The lowest BCUT2D eigenvalue weighted by Crippen LogP contribution is -2.44. The summed E-state index contributed by atoms with van der Waals surface area (Å²) in [5.74, 6) is 1.37. The van der Waals surface area contributed by atoms with Gasteiger partial charge in [-0.3, -0.25) is 9.69 Å². The Morgan fingerprint density at radius 3 is 2.60 bits per heavy atom. The number of anilines is 2. The van der Waals surface area contributed by atoms with E-state index in [4.69, 9.17) is 28.5 Å². The minimum Gasteiger partial charge on any atom is -0.475 e. The molecule has 5 rings (SSSR count). The minimum absolute atomic E-state index is 0.123. The smallest absolute Gasteiger partial charge is 0.259 e. The average Bonchev–Trinajstić information content (AvgIpc) is 3.66. The average molecular weight is 488 g/mol. The van der Waals surface area contributed by atoms with Gasteiger partial charge in [-0.15, -0.1) is 0 Å². The number of aliphatic hydroxyl groups is 1. The van der Waals surface area contributed by atoms with Gasteiger partial charge in [0.25, 0.3) is 5.91 Å².